The number of hydrogen-bond donors (Lipinski definition) is 3. The van der Waals surface area contributed by atoms with Crippen molar-refractivity contribution >= 4 is 19.8 Å². The number of aliphatic hydroxyl groups excluding tert-OH is 1. The van der Waals surface area contributed by atoms with Crippen LogP contribution in [0.2, 0.25) is 0 Å². The summed E-state index contributed by atoms with van der Waals surface area (Å²) < 4.78 is 26.3. The largest absolute Gasteiger partial charge is 0.469 e. The lowest BCUT2D eigenvalue weighted by molar-refractivity contribution is -0.161. The quantitative estimate of drug-likeness (QED) is 0.0246. The van der Waals surface area contributed by atoms with Crippen LogP contribution in [0.5, 0.6) is 0 Å². The summed E-state index contributed by atoms with van der Waals surface area (Å²) in [5.74, 6) is -0.986. The van der Waals surface area contributed by atoms with Gasteiger partial charge in [0.1, 0.15) is 6.61 Å². The molecule has 0 aromatic heterocycles. The van der Waals surface area contributed by atoms with E-state index >= 15 is 0 Å². The van der Waals surface area contributed by atoms with Gasteiger partial charge in [0, 0.05) is 12.8 Å². The molecule has 0 aliphatic carbocycles. The van der Waals surface area contributed by atoms with Crippen molar-refractivity contribution in [2.45, 2.75) is 174 Å². The molecule has 10 heteroatoms. The first-order chi connectivity index (χ1) is 25.7. The fraction of sp³-hybridized carbons (Fsp3) is 0.674. The standard InChI is InChI=1S/C43H73O9P/c1-3-5-6-7-8-9-10-11-12-13-14-17-21-24-27-30-33-37-43(46)52-41(39-51-53(47,48)49)38-50-42(45)36-32-29-26-23-20-18-15-16-19-22-25-28-31-35-40(44)34-4-2/h8-9,11-12,15,18-19,22-23,26,28,31,40-41,44H,3-7,10,13-14,16-17,20-21,24-25,27,29-30,32-39H2,1-2H3,(H2,47,48,49)/b9-8-,12-11-,18-15-,22-19-,26-23-,31-28-/t40?,41-/m1/s1. The zero-order chi connectivity index (χ0) is 39.1. The summed E-state index contributed by atoms with van der Waals surface area (Å²) in [7, 11) is -4.78. The third-order valence-electron chi connectivity index (χ3n) is 8.25. The molecule has 0 fully saturated rings. The van der Waals surface area contributed by atoms with E-state index in [1.54, 1.807) is 0 Å². The number of aliphatic hydroxyl groups is 1. The maximum Gasteiger partial charge on any atom is 0.469 e. The zero-order valence-electron chi connectivity index (χ0n) is 33.0. The lowest BCUT2D eigenvalue weighted by Gasteiger charge is -2.18. The molecule has 0 bridgehead atoms. The van der Waals surface area contributed by atoms with E-state index in [-0.39, 0.29) is 25.6 Å². The van der Waals surface area contributed by atoms with Crippen molar-refractivity contribution in [3.63, 3.8) is 0 Å². The molecule has 0 spiro atoms. The van der Waals surface area contributed by atoms with Gasteiger partial charge in [-0.3, -0.25) is 14.1 Å². The van der Waals surface area contributed by atoms with Gasteiger partial charge in [0.25, 0.3) is 0 Å². The Morgan fingerprint density at radius 2 is 1.04 bits per heavy atom. The number of rotatable bonds is 36. The highest BCUT2D eigenvalue weighted by molar-refractivity contribution is 7.46. The summed E-state index contributed by atoms with van der Waals surface area (Å²) in [5.41, 5.74) is 0. The molecule has 0 aromatic carbocycles. The maximum atomic E-state index is 12.4. The highest BCUT2D eigenvalue weighted by Crippen LogP contribution is 2.36. The van der Waals surface area contributed by atoms with Gasteiger partial charge in [0.15, 0.2) is 6.10 Å². The lowest BCUT2D eigenvalue weighted by Crippen LogP contribution is -2.29. The number of unbranched alkanes of at least 4 members (excludes halogenated alkanes) is 11. The first-order valence-electron chi connectivity index (χ1n) is 20.3. The normalized spacial score (nSPS) is 13.8. The van der Waals surface area contributed by atoms with Crippen LogP contribution in [0.25, 0.3) is 0 Å². The Labute approximate surface area is 322 Å². The number of carbonyl (C=O) groups excluding carboxylic acids is 2. The molecular formula is C43H73O9P. The molecule has 304 valence electrons. The van der Waals surface area contributed by atoms with Gasteiger partial charge in [-0.05, 0) is 83.5 Å². The van der Waals surface area contributed by atoms with Crippen LogP contribution < -0.4 is 0 Å². The van der Waals surface area contributed by atoms with Crippen LogP contribution in [0.4, 0.5) is 0 Å². The Hall–Kier alpha value is -2.55. The molecule has 0 saturated carbocycles. The molecule has 3 N–H and O–H groups in total. The molecule has 0 rings (SSSR count). The molecule has 0 heterocycles. The van der Waals surface area contributed by atoms with E-state index in [9.17, 15) is 19.3 Å². The summed E-state index contributed by atoms with van der Waals surface area (Å²) >= 11 is 0. The van der Waals surface area contributed by atoms with E-state index in [1.807, 2.05) is 18.2 Å². The summed E-state index contributed by atoms with van der Waals surface area (Å²) in [6.45, 7) is 3.39. The molecule has 1 unspecified atom stereocenters. The van der Waals surface area contributed by atoms with Crippen LogP contribution in [0.1, 0.15) is 162 Å². The average molecular weight is 765 g/mol. The van der Waals surface area contributed by atoms with Crippen molar-refractivity contribution < 1.29 is 43.0 Å². The van der Waals surface area contributed by atoms with Crippen molar-refractivity contribution in [1.29, 1.82) is 0 Å². The van der Waals surface area contributed by atoms with Crippen LogP contribution in [-0.2, 0) is 28.2 Å². The second-order valence-electron chi connectivity index (χ2n) is 13.4. The molecular weight excluding hydrogens is 691 g/mol. The van der Waals surface area contributed by atoms with E-state index in [1.165, 1.54) is 44.9 Å². The van der Waals surface area contributed by atoms with Gasteiger partial charge >= 0.3 is 19.8 Å². The molecule has 0 radical (unpaired) electrons. The smallest absolute Gasteiger partial charge is 0.462 e. The molecule has 0 aliphatic heterocycles. The Morgan fingerprint density at radius 1 is 0.566 bits per heavy atom. The third kappa shape index (κ3) is 40.5. The number of phosphoric acid groups is 1. The zero-order valence-corrected chi connectivity index (χ0v) is 33.9. The second-order valence-corrected chi connectivity index (χ2v) is 14.7. The number of allylic oxidation sites excluding steroid dienone is 11. The molecule has 53 heavy (non-hydrogen) atoms. The number of carbonyl (C=O) groups is 2. The molecule has 0 amide bonds. The monoisotopic (exact) mass is 764 g/mol. The fourth-order valence-corrected chi connectivity index (χ4v) is 5.59. The third-order valence-corrected chi connectivity index (χ3v) is 8.74. The molecule has 0 saturated heterocycles. The van der Waals surface area contributed by atoms with E-state index in [0.29, 0.717) is 25.7 Å². The van der Waals surface area contributed by atoms with Crippen molar-refractivity contribution in [3.8, 4) is 0 Å². The Morgan fingerprint density at radius 3 is 1.58 bits per heavy atom. The number of hydrogen-bond acceptors (Lipinski definition) is 7. The average Bonchev–Trinajstić information content (AvgIpc) is 3.12. The predicted molar refractivity (Wildman–Crippen MR) is 217 cm³/mol. The minimum Gasteiger partial charge on any atom is -0.462 e. The SMILES string of the molecule is CCCCC/C=C\C/C=C\CCCCCCCCCC(=O)O[C@H](COC(=O)CCC/C=C\C/C=C\C/C=C\C/C=C\CC(O)CCC)COP(=O)(O)O. The van der Waals surface area contributed by atoms with Crippen LogP contribution >= 0.6 is 7.82 Å². The van der Waals surface area contributed by atoms with E-state index in [4.69, 9.17) is 19.3 Å². The Bertz CT molecular complexity index is 1100. The maximum absolute atomic E-state index is 12.4. The topological polar surface area (TPSA) is 140 Å². The van der Waals surface area contributed by atoms with Crippen molar-refractivity contribution in [1.82, 2.24) is 0 Å². The first kappa shape index (κ1) is 50.5. The molecule has 2 atom stereocenters. The minimum atomic E-state index is -4.78. The molecule has 0 aliphatic rings. The Balaban J connectivity index is 4.08. The van der Waals surface area contributed by atoms with Crippen LogP contribution in [0.3, 0.4) is 0 Å². The summed E-state index contributed by atoms with van der Waals surface area (Å²) in [6.07, 6.45) is 45.4. The molecule has 0 aromatic rings. The summed E-state index contributed by atoms with van der Waals surface area (Å²) in [6, 6.07) is 0. The number of phosphoric ester groups is 1. The predicted octanol–water partition coefficient (Wildman–Crippen LogP) is 11.3. The number of ether oxygens (including phenoxy) is 2. The van der Waals surface area contributed by atoms with E-state index < -0.39 is 32.5 Å². The van der Waals surface area contributed by atoms with Crippen LogP contribution in [0.15, 0.2) is 72.9 Å². The molecule has 9 nitrogen and oxygen atoms in total. The lowest BCUT2D eigenvalue weighted by atomic mass is 10.1. The highest BCUT2D eigenvalue weighted by atomic mass is 31.2. The van der Waals surface area contributed by atoms with Gasteiger partial charge in [-0.1, -0.05) is 138 Å². The highest BCUT2D eigenvalue weighted by Gasteiger charge is 2.22. The van der Waals surface area contributed by atoms with Crippen molar-refractivity contribution in [2.24, 2.45) is 0 Å². The summed E-state index contributed by atoms with van der Waals surface area (Å²) in [5, 5.41) is 9.70. The first-order valence-corrected chi connectivity index (χ1v) is 21.8. The van der Waals surface area contributed by atoms with Gasteiger partial charge < -0.3 is 24.4 Å². The van der Waals surface area contributed by atoms with Crippen LogP contribution in [-0.4, -0.2) is 52.3 Å². The van der Waals surface area contributed by atoms with Crippen molar-refractivity contribution in [2.75, 3.05) is 13.2 Å². The number of esters is 2. The van der Waals surface area contributed by atoms with E-state index in [0.717, 1.165) is 64.2 Å². The van der Waals surface area contributed by atoms with Gasteiger partial charge in [0.2, 0.25) is 0 Å². The Kier molecular flexibility index (Phi) is 35.9. The minimum absolute atomic E-state index is 0.171. The summed E-state index contributed by atoms with van der Waals surface area (Å²) in [4.78, 5) is 42.8. The van der Waals surface area contributed by atoms with Crippen molar-refractivity contribution in [3.05, 3.63) is 72.9 Å². The van der Waals surface area contributed by atoms with Gasteiger partial charge in [0.05, 0.1) is 12.7 Å². The second kappa shape index (κ2) is 37.8. The van der Waals surface area contributed by atoms with Gasteiger partial charge in [-0.25, -0.2) is 4.57 Å². The fourth-order valence-electron chi connectivity index (χ4n) is 5.23. The van der Waals surface area contributed by atoms with Gasteiger partial charge in [-0.2, -0.15) is 0 Å². The van der Waals surface area contributed by atoms with E-state index in [2.05, 4.69) is 73.1 Å². The van der Waals surface area contributed by atoms with Crippen LogP contribution in [0, 0.1) is 0 Å². The van der Waals surface area contributed by atoms with Gasteiger partial charge in [-0.15, -0.1) is 0 Å².